The van der Waals surface area contributed by atoms with Gasteiger partial charge in [-0.2, -0.15) is 0 Å². The molecule has 0 fully saturated rings. The predicted octanol–water partition coefficient (Wildman–Crippen LogP) is 2.39. The van der Waals surface area contributed by atoms with Gasteiger partial charge in [0.05, 0.1) is 6.61 Å². The first-order valence-corrected chi connectivity index (χ1v) is 5.07. The lowest BCUT2D eigenvalue weighted by atomic mass is 10.1. The van der Waals surface area contributed by atoms with E-state index in [0.717, 1.165) is 12.0 Å². The molecule has 0 N–H and O–H groups in total. The lowest BCUT2D eigenvalue weighted by molar-refractivity contribution is -0.122. The first-order valence-electron chi connectivity index (χ1n) is 5.07. The SMILES string of the molecule is C=CCCOCC(=O)Cc1ccccc1. The van der Waals surface area contributed by atoms with Crippen LogP contribution >= 0.6 is 0 Å². The van der Waals surface area contributed by atoms with E-state index in [1.807, 2.05) is 30.3 Å². The molecule has 80 valence electrons. The summed E-state index contributed by atoms with van der Waals surface area (Å²) < 4.78 is 5.19. The van der Waals surface area contributed by atoms with Gasteiger partial charge in [-0.05, 0) is 12.0 Å². The maximum atomic E-state index is 11.4. The highest BCUT2D eigenvalue weighted by Crippen LogP contribution is 2.00. The second-order valence-corrected chi connectivity index (χ2v) is 3.33. The fourth-order valence-electron chi connectivity index (χ4n) is 1.23. The molecule has 1 aromatic rings. The Bertz CT molecular complexity index is 304. The molecule has 2 nitrogen and oxygen atoms in total. The zero-order chi connectivity index (χ0) is 10.9. The molecule has 0 aliphatic heterocycles. The molecule has 0 unspecified atom stereocenters. The van der Waals surface area contributed by atoms with Crippen LogP contribution in [-0.4, -0.2) is 19.0 Å². The summed E-state index contributed by atoms with van der Waals surface area (Å²) in [4.78, 5) is 11.4. The fourth-order valence-corrected chi connectivity index (χ4v) is 1.23. The highest BCUT2D eigenvalue weighted by atomic mass is 16.5. The van der Waals surface area contributed by atoms with Gasteiger partial charge < -0.3 is 4.74 Å². The molecule has 0 radical (unpaired) electrons. The van der Waals surface area contributed by atoms with Crippen LogP contribution < -0.4 is 0 Å². The van der Waals surface area contributed by atoms with Crippen LogP contribution in [0.3, 0.4) is 0 Å². The Morgan fingerprint density at radius 2 is 2.07 bits per heavy atom. The van der Waals surface area contributed by atoms with Gasteiger partial charge in [0.25, 0.3) is 0 Å². The third kappa shape index (κ3) is 5.13. The van der Waals surface area contributed by atoms with Crippen LogP contribution in [0.4, 0.5) is 0 Å². The van der Waals surface area contributed by atoms with Crippen LogP contribution in [0.25, 0.3) is 0 Å². The molecule has 0 atom stereocenters. The van der Waals surface area contributed by atoms with E-state index >= 15 is 0 Å². The second kappa shape index (κ2) is 6.96. The number of rotatable bonds is 7. The number of carbonyl (C=O) groups is 1. The standard InChI is InChI=1S/C13H16O2/c1-2-3-9-15-11-13(14)10-12-7-5-4-6-8-12/h2,4-8H,1,3,9-11H2. The van der Waals surface area contributed by atoms with Gasteiger partial charge in [0.1, 0.15) is 6.61 Å². The molecule has 0 bridgehead atoms. The number of hydrogen-bond acceptors (Lipinski definition) is 2. The Kier molecular flexibility index (Phi) is 5.41. The van der Waals surface area contributed by atoms with Crippen molar-refractivity contribution >= 4 is 5.78 Å². The topological polar surface area (TPSA) is 26.3 Å². The van der Waals surface area contributed by atoms with E-state index in [4.69, 9.17) is 4.74 Å². The number of ether oxygens (including phenoxy) is 1. The third-order valence-corrected chi connectivity index (χ3v) is 1.97. The van der Waals surface area contributed by atoms with Crippen molar-refractivity contribution in [1.29, 1.82) is 0 Å². The number of benzene rings is 1. The van der Waals surface area contributed by atoms with Crippen LogP contribution in [-0.2, 0) is 16.0 Å². The van der Waals surface area contributed by atoms with Gasteiger partial charge in [-0.3, -0.25) is 4.79 Å². The van der Waals surface area contributed by atoms with Crippen LogP contribution in [0.2, 0.25) is 0 Å². The van der Waals surface area contributed by atoms with Crippen molar-refractivity contribution in [2.75, 3.05) is 13.2 Å². The first kappa shape index (κ1) is 11.7. The highest BCUT2D eigenvalue weighted by molar-refractivity contribution is 5.81. The van der Waals surface area contributed by atoms with E-state index in [-0.39, 0.29) is 12.4 Å². The summed E-state index contributed by atoms with van der Waals surface area (Å²) in [5.74, 6) is 0.116. The van der Waals surface area contributed by atoms with Crippen LogP contribution in [0.15, 0.2) is 43.0 Å². The molecule has 0 aliphatic carbocycles. The molecule has 0 amide bonds. The minimum Gasteiger partial charge on any atom is -0.373 e. The smallest absolute Gasteiger partial charge is 0.162 e. The molecular weight excluding hydrogens is 188 g/mol. The summed E-state index contributed by atoms with van der Waals surface area (Å²) in [7, 11) is 0. The Hall–Kier alpha value is -1.41. The molecule has 2 heteroatoms. The molecule has 1 rings (SSSR count). The summed E-state index contributed by atoms with van der Waals surface area (Å²) in [5, 5.41) is 0. The van der Waals surface area contributed by atoms with Crippen molar-refractivity contribution in [3.63, 3.8) is 0 Å². The summed E-state index contributed by atoms with van der Waals surface area (Å²) >= 11 is 0. The van der Waals surface area contributed by atoms with Crippen molar-refractivity contribution in [2.24, 2.45) is 0 Å². The maximum Gasteiger partial charge on any atom is 0.162 e. The van der Waals surface area contributed by atoms with Crippen molar-refractivity contribution in [1.82, 2.24) is 0 Å². The van der Waals surface area contributed by atoms with E-state index in [1.165, 1.54) is 0 Å². The van der Waals surface area contributed by atoms with Crippen molar-refractivity contribution in [3.8, 4) is 0 Å². The van der Waals surface area contributed by atoms with Gasteiger partial charge in [-0.15, -0.1) is 6.58 Å². The van der Waals surface area contributed by atoms with E-state index in [9.17, 15) is 4.79 Å². The van der Waals surface area contributed by atoms with Crippen LogP contribution in [0.5, 0.6) is 0 Å². The van der Waals surface area contributed by atoms with Crippen molar-refractivity contribution < 1.29 is 9.53 Å². The second-order valence-electron chi connectivity index (χ2n) is 3.33. The Balaban J connectivity index is 2.22. The zero-order valence-electron chi connectivity index (χ0n) is 8.82. The number of ketones is 1. The van der Waals surface area contributed by atoms with Gasteiger partial charge in [0.2, 0.25) is 0 Å². The van der Waals surface area contributed by atoms with Gasteiger partial charge in [0.15, 0.2) is 5.78 Å². The fraction of sp³-hybridized carbons (Fsp3) is 0.308. The maximum absolute atomic E-state index is 11.4. The molecule has 0 aliphatic rings. The lowest BCUT2D eigenvalue weighted by Crippen LogP contribution is -2.11. The minimum absolute atomic E-state index is 0.116. The molecule has 0 heterocycles. The number of hydrogen-bond donors (Lipinski definition) is 0. The van der Waals surface area contributed by atoms with Crippen molar-refractivity contribution in [3.05, 3.63) is 48.6 Å². The Morgan fingerprint density at radius 3 is 2.73 bits per heavy atom. The van der Waals surface area contributed by atoms with Crippen LogP contribution in [0.1, 0.15) is 12.0 Å². The number of Topliss-reactive ketones (excluding diaryl/α,β-unsaturated/α-hetero) is 1. The Labute approximate surface area is 90.6 Å². The van der Waals surface area contributed by atoms with Gasteiger partial charge in [-0.25, -0.2) is 0 Å². The summed E-state index contributed by atoms with van der Waals surface area (Å²) in [6.07, 6.45) is 3.02. The molecule has 0 aromatic heterocycles. The molecule has 0 spiro atoms. The van der Waals surface area contributed by atoms with E-state index in [2.05, 4.69) is 6.58 Å². The van der Waals surface area contributed by atoms with E-state index in [1.54, 1.807) is 6.08 Å². The summed E-state index contributed by atoms with van der Waals surface area (Å²) in [6, 6.07) is 9.69. The van der Waals surface area contributed by atoms with E-state index in [0.29, 0.717) is 13.0 Å². The molecule has 15 heavy (non-hydrogen) atoms. The summed E-state index contributed by atoms with van der Waals surface area (Å²) in [5.41, 5.74) is 1.04. The van der Waals surface area contributed by atoms with Crippen LogP contribution in [0, 0.1) is 0 Å². The Morgan fingerprint density at radius 1 is 1.33 bits per heavy atom. The lowest BCUT2D eigenvalue weighted by Gasteiger charge is -2.02. The predicted molar refractivity (Wildman–Crippen MR) is 60.8 cm³/mol. The average molecular weight is 204 g/mol. The monoisotopic (exact) mass is 204 g/mol. The largest absolute Gasteiger partial charge is 0.373 e. The zero-order valence-corrected chi connectivity index (χ0v) is 8.82. The quantitative estimate of drug-likeness (QED) is 0.503. The normalized spacial score (nSPS) is 9.87. The summed E-state index contributed by atoms with van der Waals surface area (Å²) in [6.45, 7) is 4.35. The molecule has 0 saturated heterocycles. The van der Waals surface area contributed by atoms with Gasteiger partial charge >= 0.3 is 0 Å². The minimum atomic E-state index is 0.116. The van der Waals surface area contributed by atoms with Gasteiger partial charge in [-0.1, -0.05) is 36.4 Å². The number of carbonyl (C=O) groups excluding carboxylic acids is 1. The third-order valence-electron chi connectivity index (χ3n) is 1.97. The molecular formula is C13H16O2. The average Bonchev–Trinajstić information content (AvgIpc) is 2.26. The highest BCUT2D eigenvalue weighted by Gasteiger charge is 2.02. The molecule has 0 saturated carbocycles. The van der Waals surface area contributed by atoms with E-state index < -0.39 is 0 Å². The van der Waals surface area contributed by atoms with Gasteiger partial charge in [0, 0.05) is 6.42 Å². The molecule has 1 aromatic carbocycles. The van der Waals surface area contributed by atoms with Crippen molar-refractivity contribution in [2.45, 2.75) is 12.8 Å². The first-order chi connectivity index (χ1) is 7.33.